The van der Waals surface area contributed by atoms with Crippen molar-refractivity contribution in [3.63, 3.8) is 0 Å². The Bertz CT molecular complexity index is 1100. The van der Waals surface area contributed by atoms with E-state index in [1.807, 2.05) is 0 Å². The highest BCUT2D eigenvalue weighted by atomic mass is 16.7. The molecule has 366 valence electrons. The van der Waals surface area contributed by atoms with Crippen LogP contribution in [0.5, 0.6) is 0 Å². The van der Waals surface area contributed by atoms with Gasteiger partial charge in [0.25, 0.3) is 0 Å². The van der Waals surface area contributed by atoms with Crippen LogP contribution in [0, 0.1) is 0 Å². The summed E-state index contributed by atoms with van der Waals surface area (Å²) in [4.78, 5) is 25.6. The van der Waals surface area contributed by atoms with Crippen molar-refractivity contribution in [1.29, 1.82) is 0 Å². The molecule has 0 saturated carbocycles. The largest absolute Gasteiger partial charge is 0.462 e. The SMILES string of the molecule is CCCCCCCCCCCCCCCCCCCC(=O)O[C@H](COC(=O)CCCCCCCCCCC)CO[C@H]1O[C@@H](CO[C@H]2O[C@@H](CO)[C@@H](O)C(O)C2O)[C@@H](O)C(O)C1O. The molecule has 2 rings (SSSR count). The van der Waals surface area contributed by atoms with Gasteiger partial charge in [0.05, 0.1) is 19.8 Å². The number of aliphatic hydroxyl groups excluding tert-OH is 7. The molecular weight excluding hydrogens is 805 g/mol. The second kappa shape index (κ2) is 35.7. The molecule has 0 aliphatic carbocycles. The lowest BCUT2D eigenvalue weighted by Gasteiger charge is -2.42. The Morgan fingerprint density at radius 2 is 0.823 bits per heavy atom. The summed E-state index contributed by atoms with van der Waals surface area (Å²) in [5.41, 5.74) is 0. The highest BCUT2D eigenvalue weighted by molar-refractivity contribution is 5.70. The number of carbonyl (C=O) groups excluding carboxylic acids is 2. The number of unbranched alkanes of at least 4 members (excludes halogenated alkanes) is 24. The molecule has 7 N–H and O–H groups in total. The molecule has 15 nitrogen and oxygen atoms in total. The summed E-state index contributed by atoms with van der Waals surface area (Å²) < 4.78 is 33.5. The molecule has 62 heavy (non-hydrogen) atoms. The molecular formula is C47H88O15. The van der Waals surface area contributed by atoms with E-state index >= 15 is 0 Å². The Kier molecular flexibility index (Phi) is 32.6. The van der Waals surface area contributed by atoms with Gasteiger partial charge in [-0.3, -0.25) is 9.59 Å². The first-order valence-electron chi connectivity index (χ1n) is 24.6. The van der Waals surface area contributed by atoms with E-state index in [0.717, 1.165) is 38.5 Å². The predicted octanol–water partition coefficient (Wildman–Crippen LogP) is 6.04. The van der Waals surface area contributed by atoms with Gasteiger partial charge in [-0.1, -0.05) is 168 Å². The van der Waals surface area contributed by atoms with Gasteiger partial charge in [-0.15, -0.1) is 0 Å². The van der Waals surface area contributed by atoms with Gasteiger partial charge in [0.15, 0.2) is 18.7 Å². The van der Waals surface area contributed by atoms with Crippen molar-refractivity contribution in [1.82, 2.24) is 0 Å². The Balaban J connectivity index is 1.80. The zero-order valence-electron chi connectivity index (χ0n) is 38.4. The van der Waals surface area contributed by atoms with Crippen molar-refractivity contribution in [3.05, 3.63) is 0 Å². The number of ether oxygens (including phenoxy) is 6. The van der Waals surface area contributed by atoms with E-state index in [1.54, 1.807) is 0 Å². The molecule has 0 radical (unpaired) electrons. The van der Waals surface area contributed by atoms with Gasteiger partial charge in [0.2, 0.25) is 0 Å². The lowest BCUT2D eigenvalue weighted by atomic mass is 9.98. The normalized spacial score (nSPS) is 27.0. The standard InChI is InChI=1S/C47H88O15/c1-3-5-7-9-11-13-14-15-16-17-18-19-20-22-24-26-28-30-39(50)60-35(32-57-38(49)29-27-25-23-21-12-10-8-6-4-2)33-58-46-45(56)43(54)41(52)37(62-46)34-59-47-44(55)42(53)40(51)36(31-48)61-47/h35-37,40-48,51-56H,3-34H2,1-2H3/t35-,36+,37+,40-,41-,42?,43?,44?,45?,46+,47+/m1/s1. The number of rotatable bonds is 38. The second-order valence-electron chi connectivity index (χ2n) is 17.7. The van der Waals surface area contributed by atoms with Gasteiger partial charge in [-0.05, 0) is 12.8 Å². The van der Waals surface area contributed by atoms with Crippen molar-refractivity contribution in [2.45, 2.75) is 261 Å². The maximum Gasteiger partial charge on any atom is 0.306 e. The van der Waals surface area contributed by atoms with Crippen LogP contribution in [0.1, 0.15) is 194 Å². The summed E-state index contributed by atoms with van der Waals surface area (Å²) in [5.74, 6) is -0.916. The fourth-order valence-corrected chi connectivity index (χ4v) is 7.98. The van der Waals surface area contributed by atoms with Gasteiger partial charge in [-0.25, -0.2) is 0 Å². The average molecular weight is 893 g/mol. The molecule has 0 spiro atoms. The van der Waals surface area contributed by atoms with Crippen molar-refractivity contribution < 1.29 is 73.8 Å². The summed E-state index contributed by atoms with van der Waals surface area (Å²) in [7, 11) is 0. The second-order valence-corrected chi connectivity index (χ2v) is 17.7. The minimum Gasteiger partial charge on any atom is -0.462 e. The molecule has 11 atom stereocenters. The summed E-state index contributed by atoms with van der Waals surface area (Å²) in [6.07, 6.45) is 14.3. The van der Waals surface area contributed by atoms with Crippen LogP contribution in [-0.4, -0.2) is 142 Å². The minimum atomic E-state index is -1.76. The van der Waals surface area contributed by atoms with Crippen molar-refractivity contribution in [2.24, 2.45) is 0 Å². The highest BCUT2D eigenvalue weighted by Crippen LogP contribution is 2.26. The quantitative estimate of drug-likeness (QED) is 0.0277. The lowest BCUT2D eigenvalue weighted by molar-refractivity contribution is -0.332. The molecule has 0 aromatic heterocycles. The molecule has 0 aromatic carbocycles. The third kappa shape index (κ3) is 24.1. The summed E-state index contributed by atoms with van der Waals surface area (Å²) in [5, 5.41) is 71.9. The van der Waals surface area contributed by atoms with Crippen LogP contribution in [0.15, 0.2) is 0 Å². The first-order valence-corrected chi connectivity index (χ1v) is 24.6. The van der Waals surface area contributed by atoms with Crippen molar-refractivity contribution in [3.8, 4) is 0 Å². The van der Waals surface area contributed by atoms with Crippen molar-refractivity contribution >= 4 is 11.9 Å². The number of aliphatic hydroxyl groups is 7. The maximum atomic E-state index is 13.0. The van der Waals surface area contributed by atoms with Gasteiger partial charge < -0.3 is 64.2 Å². The van der Waals surface area contributed by atoms with E-state index in [2.05, 4.69) is 13.8 Å². The first-order chi connectivity index (χ1) is 30.0. The van der Waals surface area contributed by atoms with Crippen LogP contribution < -0.4 is 0 Å². The van der Waals surface area contributed by atoms with E-state index in [0.29, 0.717) is 12.8 Å². The Hall–Kier alpha value is -1.50. The lowest BCUT2D eigenvalue weighted by Crippen LogP contribution is -2.61. The smallest absolute Gasteiger partial charge is 0.306 e. The summed E-state index contributed by atoms with van der Waals surface area (Å²) in [6, 6.07) is 0. The molecule has 0 aromatic rings. The van der Waals surface area contributed by atoms with Crippen LogP contribution in [0.4, 0.5) is 0 Å². The molecule has 2 fully saturated rings. The van der Waals surface area contributed by atoms with E-state index in [1.165, 1.54) is 116 Å². The fraction of sp³-hybridized carbons (Fsp3) is 0.957. The number of hydrogen-bond donors (Lipinski definition) is 7. The van der Waals surface area contributed by atoms with Gasteiger partial charge in [0, 0.05) is 12.8 Å². The summed E-state index contributed by atoms with van der Waals surface area (Å²) >= 11 is 0. The predicted molar refractivity (Wildman–Crippen MR) is 234 cm³/mol. The van der Waals surface area contributed by atoms with Gasteiger partial charge in [-0.2, -0.15) is 0 Å². The van der Waals surface area contributed by atoms with E-state index < -0.39 is 92.7 Å². The highest BCUT2D eigenvalue weighted by Gasteiger charge is 2.47. The Morgan fingerprint density at radius 3 is 1.26 bits per heavy atom. The first kappa shape index (κ1) is 56.6. The van der Waals surface area contributed by atoms with Crippen LogP contribution in [0.2, 0.25) is 0 Å². The molecule has 2 aliphatic rings. The van der Waals surface area contributed by atoms with E-state index in [-0.39, 0.29) is 26.1 Å². The molecule has 15 heteroatoms. The monoisotopic (exact) mass is 893 g/mol. The number of carbonyl (C=O) groups is 2. The zero-order chi connectivity index (χ0) is 45.4. The molecule has 0 bridgehead atoms. The van der Waals surface area contributed by atoms with Gasteiger partial charge >= 0.3 is 11.9 Å². The Labute approximate surface area is 372 Å². The summed E-state index contributed by atoms with van der Waals surface area (Å²) in [6.45, 7) is 2.58. The van der Waals surface area contributed by atoms with Crippen LogP contribution in [0.3, 0.4) is 0 Å². The number of esters is 2. The van der Waals surface area contributed by atoms with Crippen LogP contribution in [0.25, 0.3) is 0 Å². The fourth-order valence-electron chi connectivity index (χ4n) is 7.98. The van der Waals surface area contributed by atoms with Crippen molar-refractivity contribution in [2.75, 3.05) is 26.4 Å². The van der Waals surface area contributed by atoms with Crippen LogP contribution >= 0.6 is 0 Å². The van der Waals surface area contributed by atoms with Gasteiger partial charge in [0.1, 0.15) is 55.4 Å². The van der Waals surface area contributed by atoms with Crippen LogP contribution in [-0.2, 0) is 38.0 Å². The van der Waals surface area contributed by atoms with E-state index in [9.17, 15) is 45.3 Å². The Morgan fingerprint density at radius 1 is 0.452 bits per heavy atom. The maximum absolute atomic E-state index is 13.0. The zero-order valence-corrected chi connectivity index (χ0v) is 38.4. The molecule has 4 unspecified atom stereocenters. The number of hydrogen-bond acceptors (Lipinski definition) is 15. The third-order valence-electron chi connectivity index (χ3n) is 12.1. The molecule has 2 heterocycles. The molecule has 2 saturated heterocycles. The third-order valence-corrected chi connectivity index (χ3v) is 12.1. The average Bonchev–Trinajstić information content (AvgIpc) is 3.26. The molecule has 2 aliphatic heterocycles. The topological polar surface area (TPSA) is 231 Å². The molecule has 0 amide bonds. The van der Waals surface area contributed by atoms with E-state index in [4.69, 9.17) is 28.4 Å². The minimum absolute atomic E-state index is 0.173.